The molecule has 1 N–H and O–H groups in total. The van der Waals surface area contributed by atoms with E-state index in [0.29, 0.717) is 60.0 Å². The summed E-state index contributed by atoms with van der Waals surface area (Å²) in [5.41, 5.74) is 2.03. The van der Waals surface area contributed by atoms with Gasteiger partial charge < -0.3 is 19.3 Å². The highest BCUT2D eigenvalue weighted by atomic mass is 16.5. The third kappa shape index (κ3) is 6.88. The summed E-state index contributed by atoms with van der Waals surface area (Å²) in [4.78, 5) is 46.2. The van der Waals surface area contributed by atoms with Gasteiger partial charge in [0.05, 0.1) is 17.4 Å². The van der Waals surface area contributed by atoms with Crippen LogP contribution in [-0.2, 0) is 32.1 Å². The Morgan fingerprint density at radius 3 is 2.36 bits per heavy atom. The number of hydrogen-bond donors (Lipinski definition) is 1. The Labute approximate surface area is 351 Å². The molecule has 2 aromatic rings. The van der Waals surface area contributed by atoms with Crippen molar-refractivity contribution in [2.24, 2.45) is 56.2 Å². The molecule has 59 heavy (non-hydrogen) atoms. The van der Waals surface area contributed by atoms with Crippen LogP contribution in [0.1, 0.15) is 138 Å². The largest absolute Gasteiger partial charge is 0.481 e. The summed E-state index contributed by atoms with van der Waals surface area (Å²) in [6, 6.07) is 5.79. The SMILES string of the molecule is CC(C)C1=C2[C@H]3CC[C@@H]4[C@@]5(C)CC[C@H](OC(=O)CC(C)(C)C(=O)O)C(C)(C)[C@@H]5CC[C@@]4(C)[C@]3(C)CC[C@@]2(Cc2nnc(-c3ccc(C#N)cn3)n2CCN(C)C)CC1=O. The Morgan fingerprint density at radius 1 is 1.00 bits per heavy atom. The number of ether oxygens (including phenoxy) is 1. The number of carbonyl (C=O) groups excluding carboxylic acids is 2. The van der Waals surface area contributed by atoms with Gasteiger partial charge in [-0.15, -0.1) is 10.2 Å². The molecule has 11 nitrogen and oxygen atoms in total. The summed E-state index contributed by atoms with van der Waals surface area (Å²) >= 11 is 0. The number of pyridine rings is 1. The number of nitrogens with zero attached hydrogens (tertiary/aromatic N) is 6. The van der Waals surface area contributed by atoms with E-state index in [9.17, 15) is 24.8 Å². The lowest BCUT2D eigenvalue weighted by Gasteiger charge is -2.72. The van der Waals surface area contributed by atoms with Crippen molar-refractivity contribution in [3.63, 3.8) is 0 Å². The van der Waals surface area contributed by atoms with Crippen LogP contribution in [0.3, 0.4) is 0 Å². The van der Waals surface area contributed by atoms with Crippen molar-refractivity contribution in [2.45, 2.75) is 146 Å². The van der Waals surface area contributed by atoms with Crippen molar-refractivity contribution in [1.82, 2.24) is 24.6 Å². The Kier molecular flexibility index (Phi) is 10.9. The van der Waals surface area contributed by atoms with Gasteiger partial charge in [0.15, 0.2) is 11.6 Å². The maximum Gasteiger partial charge on any atom is 0.309 e. The zero-order valence-electron chi connectivity index (χ0n) is 37.6. The normalized spacial score (nSPS) is 33.9. The summed E-state index contributed by atoms with van der Waals surface area (Å²) in [5.74, 6) is 1.75. The first-order chi connectivity index (χ1) is 27.5. The van der Waals surface area contributed by atoms with Crippen LogP contribution in [0.15, 0.2) is 29.5 Å². The molecule has 2 heterocycles. The lowest BCUT2D eigenvalue weighted by atomic mass is 9.33. The number of Topliss-reactive ketones (excluding diaryl/α,β-unsaturated/α-hetero) is 1. The number of fused-ring (bicyclic) bond motifs is 7. The van der Waals surface area contributed by atoms with Gasteiger partial charge in [0.25, 0.3) is 0 Å². The fraction of sp³-hybridized carbons (Fsp3) is 0.729. The molecule has 0 aromatic carbocycles. The van der Waals surface area contributed by atoms with E-state index in [1.807, 2.05) is 6.07 Å². The number of carboxylic acid groups (broad SMARTS) is 1. The van der Waals surface area contributed by atoms with Gasteiger partial charge in [-0.2, -0.15) is 5.26 Å². The second-order valence-electron chi connectivity index (χ2n) is 21.8. The molecule has 320 valence electrons. The number of allylic oxidation sites excluding steroid dienone is 2. The van der Waals surface area contributed by atoms with Crippen molar-refractivity contribution in [3.8, 4) is 17.6 Å². The number of hydrogen-bond acceptors (Lipinski definition) is 9. The highest BCUT2D eigenvalue weighted by Gasteiger charge is 2.70. The summed E-state index contributed by atoms with van der Waals surface area (Å²) < 4.78 is 8.41. The quantitative estimate of drug-likeness (QED) is 0.218. The van der Waals surface area contributed by atoms with E-state index in [2.05, 4.69) is 83.1 Å². The average molecular weight is 809 g/mol. The first-order valence-corrected chi connectivity index (χ1v) is 22.2. The third-order valence-electron chi connectivity index (χ3n) is 17.2. The lowest BCUT2D eigenvalue weighted by Crippen LogP contribution is -2.65. The van der Waals surface area contributed by atoms with Gasteiger partial charge in [-0.1, -0.05) is 54.0 Å². The van der Waals surface area contributed by atoms with Crippen molar-refractivity contribution in [2.75, 3.05) is 20.6 Å². The fourth-order valence-corrected chi connectivity index (χ4v) is 13.9. The first-order valence-electron chi connectivity index (χ1n) is 22.2. The topological polar surface area (TPSA) is 151 Å². The second kappa shape index (κ2) is 14.9. The number of rotatable bonds is 11. The molecule has 0 amide bonds. The minimum absolute atomic E-state index is 0.000471. The minimum atomic E-state index is -1.17. The Morgan fingerprint density at radius 2 is 1.73 bits per heavy atom. The molecule has 11 heteroatoms. The number of nitriles is 1. The Bertz CT molecular complexity index is 2080. The van der Waals surface area contributed by atoms with Crippen LogP contribution < -0.4 is 0 Å². The van der Waals surface area contributed by atoms with Gasteiger partial charge in [-0.3, -0.25) is 19.4 Å². The molecule has 4 fully saturated rings. The van der Waals surface area contributed by atoms with E-state index in [1.54, 1.807) is 26.1 Å². The van der Waals surface area contributed by atoms with Crippen LogP contribution in [0.4, 0.5) is 0 Å². The van der Waals surface area contributed by atoms with Crippen LogP contribution in [0, 0.1) is 67.5 Å². The van der Waals surface area contributed by atoms with Crippen molar-refractivity contribution >= 4 is 17.7 Å². The molecule has 2 aromatic heterocycles. The van der Waals surface area contributed by atoms with E-state index < -0.39 is 17.4 Å². The van der Waals surface area contributed by atoms with E-state index in [4.69, 9.17) is 14.9 Å². The van der Waals surface area contributed by atoms with Crippen LogP contribution >= 0.6 is 0 Å². The van der Waals surface area contributed by atoms with Gasteiger partial charge in [-0.05, 0) is 137 Å². The molecule has 5 aliphatic rings. The van der Waals surface area contributed by atoms with Crippen LogP contribution in [0.2, 0.25) is 0 Å². The molecule has 0 radical (unpaired) electrons. The number of aliphatic carboxylic acids is 1. The van der Waals surface area contributed by atoms with Gasteiger partial charge >= 0.3 is 11.9 Å². The first kappa shape index (κ1) is 43.2. The van der Waals surface area contributed by atoms with Gasteiger partial charge in [-0.25, -0.2) is 0 Å². The summed E-state index contributed by atoms with van der Waals surface area (Å²) in [6.07, 6.45) is 10.4. The molecular weight excluding hydrogens is 741 g/mol. The van der Waals surface area contributed by atoms with Gasteiger partial charge in [0.1, 0.15) is 23.7 Å². The molecule has 7 rings (SSSR count). The smallest absolute Gasteiger partial charge is 0.309 e. The number of likely N-dealkylation sites (N-methyl/N-ethyl adjacent to an activating group) is 1. The van der Waals surface area contributed by atoms with E-state index in [1.165, 1.54) is 5.57 Å². The van der Waals surface area contributed by atoms with Gasteiger partial charge in [0.2, 0.25) is 0 Å². The van der Waals surface area contributed by atoms with Crippen molar-refractivity contribution < 1.29 is 24.2 Å². The predicted octanol–water partition coefficient (Wildman–Crippen LogP) is 8.71. The molecule has 0 aliphatic heterocycles. The molecule has 0 saturated heterocycles. The van der Waals surface area contributed by atoms with Crippen LogP contribution in [0.25, 0.3) is 11.5 Å². The summed E-state index contributed by atoms with van der Waals surface area (Å²) in [7, 11) is 4.13. The van der Waals surface area contributed by atoms with E-state index >= 15 is 0 Å². The number of carboxylic acids is 1. The Hall–Kier alpha value is -3.91. The van der Waals surface area contributed by atoms with Gasteiger partial charge in [0, 0.05) is 43.0 Å². The fourth-order valence-electron chi connectivity index (χ4n) is 13.9. The Balaban J connectivity index is 1.21. The number of esters is 1. The summed E-state index contributed by atoms with van der Waals surface area (Å²) in [6.45, 7) is 21.3. The number of carbonyl (C=O) groups is 3. The molecule has 8 atom stereocenters. The minimum Gasteiger partial charge on any atom is -0.481 e. The molecular formula is C48H68N6O5. The highest BCUT2D eigenvalue weighted by Crippen LogP contribution is 2.77. The lowest BCUT2D eigenvalue weighted by molar-refractivity contribution is -0.233. The standard InChI is InChI=1S/C48H68N6O5/c1-29(2)39-33(55)24-48(25-37-51-52-41(54(37)23-22-53(10)11)32-14-12-30(27-49)28-50-32)21-20-46(8)31(40(39)48)13-15-35-45(7)18-17-36(59-38(56)26-43(3,4)42(57)58)44(5,6)34(45)16-19-47(35,46)9/h12,14,28-29,31,34-36H,13,15-26H2,1-11H3,(H,57,58)/t31-,34+,35-,36+,45+,46-,47-,48+/m1/s1. The molecule has 0 bridgehead atoms. The highest BCUT2D eigenvalue weighted by molar-refractivity contribution is 6.00. The number of aromatic nitrogens is 4. The molecule has 0 unspecified atom stereocenters. The zero-order valence-corrected chi connectivity index (χ0v) is 37.6. The van der Waals surface area contributed by atoms with E-state index in [-0.39, 0.29) is 45.5 Å². The maximum atomic E-state index is 14.4. The predicted molar refractivity (Wildman–Crippen MR) is 226 cm³/mol. The zero-order chi connectivity index (χ0) is 43.1. The van der Waals surface area contributed by atoms with E-state index in [0.717, 1.165) is 69.3 Å². The molecule has 5 aliphatic carbocycles. The summed E-state index contributed by atoms with van der Waals surface area (Å²) in [5, 5.41) is 28.7. The second-order valence-corrected chi connectivity index (χ2v) is 21.8. The number of ketones is 1. The third-order valence-corrected chi connectivity index (χ3v) is 17.2. The monoisotopic (exact) mass is 809 g/mol. The maximum absolute atomic E-state index is 14.4. The van der Waals surface area contributed by atoms with Crippen molar-refractivity contribution in [3.05, 3.63) is 40.9 Å². The van der Waals surface area contributed by atoms with Crippen LogP contribution in [-0.4, -0.2) is 74.2 Å². The molecule has 4 saturated carbocycles. The van der Waals surface area contributed by atoms with Crippen LogP contribution in [0.5, 0.6) is 0 Å². The van der Waals surface area contributed by atoms with Crippen molar-refractivity contribution in [1.29, 1.82) is 5.26 Å². The molecule has 0 spiro atoms. The average Bonchev–Trinajstić information content (AvgIpc) is 3.69.